The summed E-state index contributed by atoms with van der Waals surface area (Å²) < 4.78 is 34.0. The lowest BCUT2D eigenvalue weighted by Crippen LogP contribution is -2.66. The third-order valence-corrected chi connectivity index (χ3v) is 6.35. The van der Waals surface area contributed by atoms with E-state index in [2.05, 4.69) is 30.2 Å². The van der Waals surface area contributed by atoms with Crippen molar-refractivity contribution in [1.82, 2.24) is 29.5 Å². The van der Waals surface area contributed by atoms with Crippen LogP contribution in [0.2, 0.25) is 0 Å². The zero-order valence-electron chi connectivity index (χ0n) is 19.9. The van der Waals surface area contributed by atoms with Crippen molar-refractivity contribution in [2.24, 2.45) is 7.05 Å². The van der Waals surface area contributed by atoms with Crippen molar-refractivity contribution in [2.45, 2.75) is 19.0 Å². The number of anilines is 3. The van der Waals surface area contributed by atoms with Gasteiger partial charge < -0.3 is 24.6 Å². The van der Waals surface area contributed by atoms with Gasteiger partial charge in [-0.15, -0.1) is 0 Å². The Bertz CT molecular complexity index is 1630. The summed E-state index contributed by atoms with van der Waals surface area (Å²) in [5, 5.41) is 13.1. The Balaban J connectivity index is 1.23. The Morgan fingerprint density at radius 2 is 1.89 bits per heavy atom. The molecule has 12 heteroatoms. The molecule has 0 atom stereocenters. The van der Waals surface area contributed by atoms with Crippen LogP contribution in [0.25, 0.3) is 22.1 Å². The first-order chi connectivity index (χ1) is 17.8. The van der Waals surface area contributed by atoms with Crippen LogP contribution >= 0.6 is 0 Å². The predicted molar refractivity (Wildman–Crippen MR) is 134 cm³/mol. The van der Waals surface area contributed by atoms with Crippen molar-refractivity contribution in [3.05, 3.63) is 60.8 Å². The van der Waals surface area contributed by atoms with Crippen LogP contribution < -0.4 is 15.0 Å². The molecule has 3 aromatic heterocycles. The molecule has 37 heavy (non-hydrogen) atoms. The second-order valence-electron chi connectivity index (χ2n) is 9.10. The van der Waals surface area contributed by atoms with E-state index in [9.17, 15) is 13.9 Å². The number of nitrogens with zero attached hydrogens (tertiary/aromatic N) is 7. The number of hydrogen-bond donors (Lipinski definition) is 2. The van der Waals surface area contributed by atoms with Gasteiger partial charge in [-0.2, -0.15) is 0 Å². The Labute approximate surface area is 209 Å². The molecule has 0 unspecified atom stereocenters. The highest BCUT2D eigenvalue weighted by Gasteiger charge is 2.50. The molecule has 0 saturated carbocycles. The Hall–Kier alpha value is -4.45. The Kier molecular flexibility index (Phi) is 5.33. The number of benzene rings is 2. The van der Waals surface area contributed by atoms with Crippen molar-refractivity contribution in [1.29, 1.82) is 0 Å². The minimum atomic E-state index is -2.84. The molecule has 2 aromatic carbocycles. The minimum Gasteiger partial charge on any atom is -0.457 e. The molecule has 1 aliphatic heterocycles. The average Bonchev–Trinajstić information content (AvgIpc) is 3.23. The largest absolute Gasteiger partial charge is 0.457 e. The van der Waals surface area contributed by atoms with Gasteiger partial charge in [0.05, 0.1) is 36.6 Å². The van der Waals surface area contributed by atoms with Crippen LogP contribution in [0.15, 0.2) is 55.2 Å². The first kappa shape index (κ1) is 23.0. The maximum absolute atomic E-state index is 13.0. The molecule has 0 spiro atoms. The van der Waals surface area contributed by atoms with E-state index >= 15 is 0 Å². The van der Waals surface area contributed by atoms with E-state index in [1.165, 1.54) is 17.4 Å². The third kappa shape index (κ3) is 4.14. The van der Waals surface area contributed by atoms with Gasteiger partial charge in [-0.1, -0.05) is 0 Å². The summed E-state index contributed by atoms with van der Waals surface area (Å²) in [4.78, 5) is 23.1. The molecule has 0 aliphatic carbocycles. The van der Waals surface area contributed by atoms with E-state index in [1.54, 1.807) is 6.33 Å². The smallest absolute Gasteiger partial charge is 0.270 e. The highest BCUT2D eigenvalue weighted by Crippen LogP contribution is 2.33. The SMILES string of the molecule is Cc1cc(Nc2ncnc3cnc(N4CC(O)(C(F)F)C4)nc23)ccc1Oc1ccc2c(c1)ncn2C. The van der Waals surface area contributed by atoms with Crippen molar-refractivity contribution in [2.75, 3.05) is 23.3 Å². The highest BCUT2D eigenvalue weighted by molar-refractivity contribution is 5.87. The molecule has 0 radical (unpaired) electrons. The fourth-order valence-corrected chi connectivity index (χ4v) is 4.27. The maximum Gasteiger partial charge on any atom is 0.270 e. The van der Waals surface area contributed by atoms with Crippen LogP contribution in [0.4, 0.5) is 26.2 Å². The number of β-amino-alcohol motifs (C(OH)–C–C–N with tert-alkyl or cyclic N) is 1. The lowest BCUT2D eigenvalue weighted by atomic mass is 9.95. The minimum absolute atomic E-state index is 0.223. The summed E-state index contributed by atoms with van der Waals surface area (Å²) in [6.07, 6.45) is 1.82. The fourth-order valence-electron chi connectivity index (χ4n) is 4.27. The van der Waals surface area contributed by atoms with Gasteiger partial charge in [-0.3, -0.25) is 0 Å². The third-order valence-electron chi connectivity index (χ3n) is 6.35. The first-order valence-corrected chi connectivity index (χ1v) is 11.5. The number of aromatic nitrogens is 6. The van der Waals surface area contributed by atoms with Crippen LogP contribution in [0, 0.1) is 6.92 Å². The van der Waals surface area contributed by atoms with Gasteiger partial charge in [0, 0.05) is 18.8 Å². The van der Waals surface area contributed by atoms with Gasteiger partial charge in [0.15, 0.2) is 11.4 Å². The molecule has 2 N–H and O–H groups in total. The summed E-state index contributed by atoms with van der Waals surface area (Å²) in [6, 6.07) is 11.4. The van der Waals surface area contributed by atoms with Gasteiger partial charge in [0.1, 0.15) is 28.9 Å². The van der Waals surface area contributed by atoms with E-state index in [0.717, 1.165) is 22.3 Å². The topological polar surface area (TPSA) is 114 Å². The van der Waals surface area contributed by atoms with Gasteiger partial charge in [-0.25, -0.2) is 33.7 Å². The molecule has 1 fully saturated rings. The Morgan fingerprint density at radius 1 is 1.05 bits per heavy atom. The summed E-state index contributed by atoms with van der Waals surface area (Å²) in [5.41, 5.74) is 2.40. The number of halogens is 2. The van der Waals surface area contributed by atoms with E-state index in [-0.39, 0.29) is 19.0 Å². The molecule has 6 rings (SSSR count). The first-order valence-electron chi connectivity index (χ1n) is 11.5. The number of ether oxygens (including phenoxy) is 1. The average molecular weight is 505 g/mol. The quantitative estimate of drug-likeness (QED) is 0.355. The molecule has 10 nitrogen and oxygen atoms in total. The molecule has 1 saturated heterocycles. The van der Waals surface area contributed by atoms with Crippen molar-refractivity contribution in [3.63, 3.8) is 0 Å². The zero-order chi connectivity index (χ0) is 25.7. The number of alkyl halides is 2. The lowest BCUT2D eigenvalue weighted by molar-refractivity contribution is -0.112. The zero-order valence-corrected chi connectivity index (χ0v) is 19.9. The molecular weight excluding hydrogens is 482 g/mol. The monoisotopic (exact) mass is 504 g/mol. The summed E-state index contributed by atoms with van der Waals surface area (Å²) in [7, 11) is 1.94. The molecule has 0 bridgehead atoms. The lowest BCUT2D eigenvalue weighted by Gasteiger charge is -2.45. The molecule has 5 aromatic rings. The molecule has 4 heterocycles. The van der Waals surface area contributed by atoms with E-state index in [0.29, 0.717) is 28.4 Å². The standard InChI is InChI=1S/C25H22F2N8O2/c1-14-7-15(3-6-20(14)37-16-4-5-19-17(8-16)31-13-34(19)2)32-22-21-18(29-12-30-22)9-28-24(33-21)35-10-25(36,11-35)23(26)27/h3-9,12-13,23,36H,10-11H2,1-2H3,(H,29,30,32). The van der Waals surface area contributed by atoms with Crippen molar-refractivity contribution in [3.8, 4) is 11.5 Å². The highest BCUT2D eigenvalue weighted by atomic mass is 19.3. The number of rotatable bonds is 6. The summed E-state index contributed by atoms with van der Waals surface area (Å²) in [6.45, 7) is 1.44. The fraction of sp³-hybridized carbons (Fsp3) is 0.240. The van der Waals surface area contributed by atoms with E-state index < -0.39 is 12.0 Å². The number of nitrogens with one attached hydrogen (secondary N) is 1. The van der Waals surface area contributed by atoms with Crippen LogP contribution in [0.1, 0.15) is 5.56 Å². The van der Waals surface area contributed by atoms with Crippen LogP contribution in [-0.2, 0) is 7.05 Å². The van der Waals surface area contributed by atoms with Gasteiger partial charge in [0.2, 0.25) is 5.95 Å². The molecular formula is C25H22F2N8O2. The summed E-state index contributed by atoms with van der Waals surface area (Å²) >= 11 is 0. The number of fused-ring (bicyclic) bond motifs is 2. The molecule has 188 valence electrons. The second-order valence-corrected chi connectivity index (χ2v) is 9.10. The second kappa shape index (κ2) is 8.59. The normalized spacial score (nSPS) is 14.8. The van der Waals surface area contributed by atoms with Crippen molar-refractivity contribution < 1.29 is 18.6 Å². The van der Waals surface area contributed by atoms with Crippen LogP contribution in [-0.4, -0.2) is 59.7 Å². The van der Waals surface area contributed by atoms with Crippen molar-refractivity contribution >= 4 is 39.5 Å². The number of aliphatic hydroxyl groups is 1. The van der Waals surface area contributed by atoms with E-state index in [4.69, 9.17) is 4.74 Å². The van der Waals surface area contributed by atoms with Crippen LogP contribution in [0.3, 0.4) is 0 Å². The summed E-state index contributed by atoms with van der Waals surface area (Å²) in [5.74, 6) is 2.04. The molecule has 0 amide bonds. The van der Waals surface area contributed by atoms with Crippen LogP contribution in [0.5, 0.6) is 11.5 Å². The predicted octanol–water partition coefficient (Wildman–Crippen LogP) is 3.97. The number of hydrogen-bond acceptors (Lipinski definition) is 9. The van der Waals surface area contributed by atoms with Gasteiger partial charge in [-0.05, 0) is 42.8 Å². The van der Waals surface area contributed by atoms with E-state index in [1.807, 2.05) is 54.9 Å². The van der Waals surface area contributed by atoms with Gasteiger partial charge in [0.25, 0.3) is 6.43 Å². The van der Waals surface area contributed by atoms with Gasteiger partial charge >= 0.3 is 0 Å². The molecule has 1 aliphatic rings. The maximum atomic E-state index is 13.0. The Morgan fingerprint density at radius 3 is 2.68 bits per heavy atom. The number of imidazole rings is 1. The number of aryl methyl sites for hydroxylation is 2.